The van der Waals surface area contributed by atoms with Crippen LogP contribution in [0.4, 0.5) is 0 Å². The van der Waals surface area contributed by atoms with E-state index in [4.69, 9.17) is 0 Å². The molecule has 1 saturated heterocycles. The third-order valence-corrected chi connectivity index (χ3v) is 3.35. The largest absolute Gasteiger partial charge is 0.313 e. The normalized spacial score (nSPS) is 21.9. The molecule has 4 nitrogen and oxygen atoms in total. The lowest BCUT2D eigenvalue weighted by atomic mass is 10.1. The first-order valence-electron chi connectivity index (χ1n) is 6.71. The molecule has 1 aromatic heterocycles. The monoisotopic (exact) mass is 236 g/mol. The predicted molar refractivity (Wildman–Crippen MR) is 69.8 cm³/mol. The lowest BCUT2D eigenvalue weighted by Gasteiger charge is -2.33. The summed E-state index contributed by atoms with van der Waals surface area (Å²) in [7, 11) is 1.98. The molecular weight excluding hydrogens is 212 g/mol. The minimum atomic E-state index is 0.681. The smallest absolute Gasteiger partial charge is 0.0534 e. The minimum Gasteiger partial charge on any atom is -0.313 e. The Labute approximate surface area is 104 Å². The van der Waals surface area contributed by atoms with Gasteiger partial charge in [-0.15, -0.1) is 0 Å². The first kappa shape index (κ1) is 12.6. The van der Waals surface area contributed by atoms with Gasteiger partial charge in [0, 0.05) is 37.9 Å². The van der Waals surface area contributed by atoms with E-state index in [1.165, 1.54) is 37.9 Å². The van der Waals surface area contributed by atoms with Crippen LogP contribution in [0.15, 0.2) is 12.4 Å². The second-order valence-corrected chi connectivity index (χ2v) is 5.05. The van der Waals surface area contributed by atoms with Crippen LogP contribution in [-0.4, -0.2) is 40.4 Å². The van der Waals surface area contributed by atoms with E-state index in [0.29, 0.717) is 6.04 Å². The average molecular weight is 236 g/mol. The van der Waals surface area contributed by atoms with Gasteiger partial charge in [-0.2, -0.15) is 5.10 Å². The molecule has 1 aromatic rings. The van der Waals surface area contributed by atoms with Gasteiger partial charge in [0.25, 0.3) is 0 Å². The molecule has 0 spiro atoms. The fourth-order valence-electron chi connectivity index (χ4n) is 2.53. The summed E-state index contributed by atoms with van der Waals surface area (Å²) in [5, 5.41) is 7.85. The molecule has 0 saturated carbocycles. The van der Waals surface area contributed by atoms with E-state index in [0.717, 1.165) is 13.1 Å². The van der Waals surface area contributed by atoms with E-state index >= 15 is 0 Å². The number of likely N-dealkylation sites (tertiary alicyclic amines) is 1. The second-order valence-electron chi connectivity index (χ2n) is 5.05. The van der Waals surface area contributed by atoms with E-state index in [1.54, 1.807) is 0 Å². The summed E-state index contributed by atoms with van der Waals surface area (Å²) in [5.41, 5.74) is 1.32. The van der Waals surface area contributed by atoms with Crippen molar-refractivity contribution in [2.24, 2.45) is 7.05 Å². The van der Waals surface area contributed by atoms with Gasteiger partial charge in [0.2, 0.25) is 0 Å². The zero-order valence-corrected chi connectivity index (χ0v) is 11.0. The maximum absolute atomic E-state index is 4.23. The van der Waals surface area contributed by atoms with Crippen LogP contribution in [0.5, 0.6) is 0 Å². The summed E-state index contributed by atoms with van der Waals surface area (Å²) >= 11 is 0. The van der Waals surface area contributed by atoms with E-state index in [2.05, 4.69) is 28.4 Å². The van der Waals surface area contributed by atoms with Gasteiger partial charge < -0.3 is 5.32 Å². The van der Waals surface area contributed by atoms with E-state index in [1.807, 2.05) is 17.9 Å². The molecule has 0 radical (unpaired) electrons. The second kappa shape index (κ2) is 6.17. The molecule has 0 aromatic carbocycles. The number of nitrogens with one attached hydrogen (secondary N) is 1. The molecule has 0 aliphatic carbocycles. The number of hydrogen-bond acceptors (Lipinski definition) is 3. The third kappa shape index (κ3) is 3.82. The lowest BCUT2D eigenvalue weighted by molar-refractivity contribution is 0.183. The zero-order chi connectivity index (χ0) is 12.1. The summed E-state index contributed by atoms with van der Waals surface area (Å²) in [6.45, 7) is 6.81. The van der Waals surface area contributed by atoms with Gasteiger partial charge in [-0.3, -0.25) is 9.58 Å². The molecule has 1 fully saturated rings. The first-order valence-corrected chi connectivity index (χ1v) is 6.71. The fourth-order valence-corrected chi connectivity index (χ4v) is 2.53. The zero-order valence-electron chi connectivity index (χ0n) is 11.0. The standard InChI is InChI=1S/C13H24N4/c1-3-6-14-13-5-4-7-17(11-13)10-12-8-15-16(2)9-12/h8-9,13-14H,3-7,10-11H2,1-2H3. The van der Waals surface area contributed by atoms with Crippen LogP contribution in [0.25, 0.3) is 0 Å². The highest BCUT2D eigenvalue weighted by Gasteiger charge is 2.19. The quantitative estimate of drug-likeness (QED) is 0.838. The molecule has 1 atom stereocenters. The van der Waals surface area contributed by atoms with Crippen LogP contribution >= 0.6 is 0 Å². The molecular formula is C13H24N4. The van der Waals surface area contributed by atoms with Gasteiger partial charge in [-0.1, -0.05) is 6.92 Å². The number of rotatable bonds is 5. The summed E-state index contributed by atoms with van der Waals surface area (Å²) in [6, 6.07) is 0.681. The SMILES string of the molecule is CCCNC1CCCN(Cc2cnn(C)c2)C1. The number of nitrogens with zero attached hydrogens (tertiary/aromatic N) is 3. The number of hydrogen-bond donors (Lipinski definition) is 1. The minimum absolute atomic E-state index is 0.681. The van der Waals surface area contributed by atoms with Crippen LogP contribution < -0.4 is 5.32 Å². The maximum atomic E-state index is 4.23. The van der Waals surface area contributed by atoms with E-state index < -0.39 is 0 Å². The average Bonchev–Trinajstić information content (AvgIpc) is 2.73. The molecule has 4 heteroatoms. The first-order chi connectivity index (χ1) is 8.28. The van der Waals surface area contributed by atoms with Crippen molar-refractivity contribution < 1.29 is 0 Å². The fraction of sp³-hybridized carbons (Fsp3) is 0.769. The summed E-state index contributed by atoms with van der Waals surface area (Å²) < 4.78 is 1.88. The summed E-state index contributed by atoms with van der Waals surface area (Å²) in [6.07, 6.45) is 7.94. The van der Waals surface area contributed by atoms with Gasteiger partial charge in [-0.05, 0) is 32.4 Å². The van der Waals surface area contributed by atoms with Crippen molar-refractivity contribution in [1.29, 1.82) is 0 Å². The Bertz CT molecular complexity index is 334. The van der Waals surface area contributed by atoms with Crippen LogP contribution in [0.1, 0.15) is 31.7 Å². The van der Waals surface area contributed by atoms with Crippen LogP contribution in [0.3, 0.4) is 0 Å². The number of piperidine rings is 1. The molecule has 0 amide bonds. The Morgan fingerprint density at radius 2 is 2.41 bits per heavy atom. The molecule has 96 valence electrons. The molecule has 2 rings (SSSR count). The Hall–Kier alpha value is -0.870. The van der Waals surface area contributed by atoms with Crippen LogP contribution in [0.2, 0.25) is 0 Å². The summed E-state index contributed by atoms with van der Waals surface area (Å²) in [4.78, 5) is 2.54. The van der Waals surface area contributed by atoms with Gasteiger partial charge in [0.05, 0.1) is 6.20 Å². The maximum Gasteiger partial charge on any atom is 0.0534 e. The molecule has 1 aliphatic heterocycles. The Balaban J connectivity index is 1.80. The van der Waals surface area contributed by atoms with Crippen molar-refractivity contribution in [3.05, 3.63) is 18.0 Å². The Kier molecular flexibility index (Phi) is 4.57. The predicted octanol–water partition coefficient (Wildman–Crippen LogP) is 1.38. The highest BCUT2D eigenvalue weighted by atomic mass is 15.2. The topological polar surface area (TPSA) is 33.1 Å². The van der Waals surface area contributed by atoms with Crippen molar-refractivity contribution in [2.75, 3.05) is 19.6 Å². The van der Waals surface area contributed by atoms with Crippen LogP contribution in [0, 0.1) is 0 Å². The van der Waals surface area contributed by atoms with E-state index in [9.17, 15) is 0 Å². The van der Waals surface area contributed by atoms with Gasteiger partial charge in [0.15, 0.2) is 0 Å². The lowest BCUT2D eigenvalue weighted by Crippen LogP contribution is -2.45. The molecule has 1 aliphatic rings. The van der Waals surface area contributed by atoms with E-state index in [-0.39, 0.29) is 0 Å². The van der Waals surface area contributed by atoms with Gasteiger partial charge in [-0.25, -0.2) is 0 Å². The van der Waals surface area contributed by atoms with Gasteiger partial charge >= 0.3 is 0 Å². The molecule has 1 N–H and O–H groups in total. The van der Waals surface area contributed by atoms with Crippen molar-refractivity contribution in [1.82, 2.24) is 20.0 Å². The Morgan fingerprint density at radius 3 is 3.12 bits per heavy atom. The summed E-state index contributed by atoms with van der Waals surface area (Å²) in [5.74, 6) is 0. The van der Waals surface area contributed by atoms with Crippen molar-refractivity contribution in [3.8, 4) is 0 Å². The van der Waals surface area contributed by atoms with Gasteiger partial charge in [0.1, 0.15) is 0 Å². The van der Waals surface area contributed by atoms with Crippen LogP contribution in [-0.2, 0) is 13.6 Å². The molecule has 0 bridgehead atoms. The number of aromatic nitrogens is 2. The highest BCUT2D eigenvalue weighted by molar-refractivity contribution is 5.03. The highest BCUT2D eigenvalue weighted by Crippen LogP contribution is 2.13. The van der Waals surface area contributed by atoms with Crippen molar-refractivity contribution in [2.45, 2.75) is 38.8 Å². The molecule has 1 unspecified atom stereocenters. The molecule has 17 heavy (non-hydrogen) atoms. The Morgan fingerprint density at radius 1 is 1.53 bits per heavy atom. The third-order valence-electron chi connectivity index (χ3n) is 3.35. The molecule has 2 heterocycles. The number of aryl methyl sites for hydroxylation is 1. The van der Waals surface area contributed by atoms with Crippen molar-refractivity contribution in [3.63, 3.8) is 0 Å². The van der Waals surface area contributed by atoms with Crippen molar-refractivity contribution >= 4 is 0 Å².